The van der Waals surface area contributed by atoms with E-state index in [0.29, 0.717) is 30.3 Å². The zero-order valence-electron chi connectivity index (χ0n) is 14.5. The van der Waals surface area contributed by atoms with E-state index < -0.39 is 12.1 Å². The van der Waals surface area contributed by atoms with Crippen LogP contribution in [0.2, 0.25) is 0 Å². The highest BCUT2D eigenvalue weighted by Crippen LogP contribution is 2.23. The minimum Gasteiger partial charge on any atom is -0.481 e. The molecule has 3 heterocycles. The van der Waals surface area contributed by atoms with E-state index in [1.807, 2.05) is 37.5 Å². The summed E-state index contributed by atoms with van der Waals surface area (Å²) in [7, 11) is 0. The molecule has 1 unspecified atom stereocenters. The van der Waals surface area contributed by atoms with Crippen LogP contribution in [0.5, 0.6) is 0 Å². The molecule has 0 aromatic carbocycles. The van der Waals surface area contributed by atoms with Gasteiger partial charge in [0.1, 0.15) is 5.76 Å². The van der Waals surface area contributed by atoms with Crippen LogP contribution in [-0.4, -0.2) is 57.4 Å². The van der Waals surface area contributed by atoms with E-state index in [9.17, 15) is 9.59 Å². The summed E-state index contributed by atoms with van der Waals surface area (Å²) in [5.41, 5.74) is 2.23. The van der Waals surface area contributed by atoms with E-state index in [2.05, 4.69) is 5.16 Å². The van der Waals surface area contributed by atoms with Crippen molar-refractivity contribution in [1.82, 2.24) is 14.6 Å². The molecule has 134 valence electrons. The number of amides is 1. The quantitative estimate of drug-likeness (QED) is 0.904. The normalized spacial score (nSPS) is 17.7. The van der Waals surface area contributed by atoms with Crippen LogP contribution in [0.15, 0.2) is 16.7 Å². The van der Waals surface area contributed by atoms with Gasteiger partial charge >= 0.3 is 5.97 Å². The molecule has 1 atom stereocenters. The molecule has 1 N–H and O–H groups in total. The van der Waals surface area contributed by atoms with Crippen LogP contribution >= 0.6 is 0 Å². The molecule has 2 aromatic heterocycles. The fraction of sp³-hybridized carbons (Fsp3) is 0.471. The number of aryl methyl sites for hydroxylation is 2. The van der Waals surface area contributed by atoms with Crippen LogP contribution in [0.1, 0.15) is 33.9 Å². The number of carboxylic acids is 1. The summed E-state index contributed by atoms with van der Waals surface area (Å²) < 4.78 is 12.4. The number of rotatable bonds is 4. The highest BCUT2D eigenvalue weighted by atomic mass is 16.5. The number of aromatic nitrogens is 2. The second-order valence-electron chi connectivity index (χ2n) is 6.26. The monoisotopic (exact) mass is 347 g/mol. The molecule has 1 aliphatic heterocycles. The number of hydrogen-bond donors (Lipinski definition) is 1. The van der Waals surface area contributed by atoms with Crippen LogP contribution in [0.3, 0.4) is 0 Å². The van der Waals surface area contributed by atoms with E-state index in [-0.39, 0.29) is 18.9 Å². The Morgan fingerprint density at radius 3 is 2.72 bits per heavy atom. The van der Waals surface area contributed by atoms with Gasteiger partial charge in [-0.2, -0.15) is 0 Å². The Bertz CT molecular complexity index is 807. The third-order valence-electron chi connectivity index (χ3n) is 4.33. The van der Waals surface area contributed by atoms with Crippen molar-refractivity contribution >= 4 is 11.9 Å². The Hall–Kier alpha value is -2.61. The molecule has 8 nitrogen and oxygen atoms in total. The van der Waals surface area contributed by atoms with Crippen molar-refractivity contribution in [1.29, 1.82) is 0 Å². The van der Waals surface area contributed by atoms with Crippen molar-refractivity contribution in [3.8, 4) is 5.82 Å². The van der Waals surface area contributed by atoms with Crippen LogP contribution in [-0.2, 0) is 9.53 Å². The number of morpholine rings is 1. The van der Waals surface area contributed by atoms with Gasteiger partial charge in [-0.3, -0.25) is 14.2 Å². The maximum absolute atomic E-state index is 12.9. The van der Waals surface area contributed by atoms with Crippen LogP contribution in [0.4, 0.5) is 0 Å². The van der Waals surface area contributed by atoms with Crippen molar-refractivity contribution in [3.05, 3.63) is 34.8 Å². The second-order valence-corrected chi connectivity index (χ2v) is 6.26. The van der Waals surface area contributed by atoms with Crippen molar-refractivity contribution in [3.63, 3.8) is 0 Å². The zero-order valence-corrected chi connectivity index (χ0v) is 14.5. The van der Waals surface area contributed by atoms with Gasteiger partial charge in [-0.15, -0.1) is 0 Å². The van der Waals surface area contributed by atoms with E-state index in [1.165, 1.54) is 0 Å². The Kier molecular flexibility index (Phi) is 4.63. The smallest absolute Gasteiger partial charge is 0.306 e. The summed E-state index contributed by atoms with van der Waals surface area (Å²) in [6.45, 7) is 6.64. The van der Waals surface area contributed by atoms with Crippen LogP contribution in [0, 0.1) is 20.8 Å². The molecular weight excluding hydrogens is 326 g/mol. The number of aliphatic carboxylic acids is 1. The summed E-state index contributed by atoms with van der Waals surface area (Å²) in [4.78, 5) is 25.4. The lowest BCUT2D eigenvalue weighted by Gasteiger charge is -2.32. The number of hydrogen-bond acceptors (Lipinski definition) is 5. The van der Waals surface area contributed by atoms with Crippen molar-refractivity contribution < 1.29 is 24.0 Å². The fourth-order valence-electron chi connectivity index (χ4n) is 3.18. The molecule has 8 heteroatoms. The third kappa shape index (κ3) is 3.43. The van der Waals surface area contributed by atoms with Crippen LogP contribution < -0.4 is 0 Å². The molecular formula is C17H21N3O5. The number of nitrogens with zero attached hydrogens (tertiary/aromatic N) is 3. The Morgan fingerprint density at radius 2 is 2.08 bits per heavy atom. The van der Waals surface area contributed by atoms with Gasteiger partial charge in [-0.05, 0) is 26.8 Å². The maximum Gasteiger partial charge on any atom is 0.306 e. The lowest BCUT2D eigenvalue weighted by atomic mass is 10.1. The lowest BCUT2D eigenvalue weighted by molar-refractivity contribution is -0.141. The van der Waals surface area contributed by atoms with E-state index >= 15 is 0 Å². The predicted molar refractivity (Wildman–Crippen MR) is 87.9 cm³/mol. The lowest BCUT2D eigenvalue weighted by Crippen LogP contribution is -2.46. The maximum atomic E-state index is 12.9. The van der Waals surface area contributed by atoms with Gasteiger partial charge in [0, 0.05) is 30.5 Å². The Labute approximate surface area is 145 Å². The van der Waals surface area contributed by atoms with Gasteiger partial charge in [-0.1, -0.05) is 5.16 Å². The van der Waals surface area contributed by atoms with Crippen molar-refractivity contribution in [2.24, 2.45) is 0 Å². The number of carboxylic acid groups (broad SMARTS) is 1. The average molecular weight is 347 g/mol. The van der Waals surface area contributed by atoms with E-state index in [0.717, 1.165) is 11.4 Å². The first kappa shape index (κ1) is 17.2. The van der Waals surface area contributed by atoms with Gasteiger partial charge < -0.3 is 19.3 Å². The summed E-state index contributed by atoms with van der Waals surface area (Å²) in [6.07, 6.45) is -0.585. The molecule has 0 spiro atoms. The van der Waals surface area contributed by atoms with Crippen molar-refractivity contribution in [2.45, 2.75) is 33.3 Å². The molecule has 0 saturated carbocycles. The number of carbonyl (C=O) groups excluding carboxylic acids is 1. The topological polar surface area (TPSA) is 97.8 Å². The highest BCUT2D eigenvalue weighted by Gasteiger charge is 2.29. The minimum atomic E-state index is -0.932. The summed E-state index contributed by atoms with van der Waals surface area (Å²) >= 11 is 0. The predicted octanol–water partition coefficient (Wildman–Crippen LogP) is 1.71. The molecule has 1 aliphatic rings. The first-order valence-electron chi connectivity index (χ1n) is 8.12. The van der Waals surface area contributed by atoms with Crippen molar-refractivity contribution in [2.75, 3.05) is 19.7 Å². The molecule has 3 rings (SSSR count). The second kappa shape index (κ2) is 6.72. The first-order chi connectivity index (χ1) is 11.9. The SMILES string of the molecule is Cc1cc(-n2c(C)cc(C(=O)N3CCOC(CC(=O)O)C3)c2C)no1. The van der Waals surface area contributed by atoms with E-state index in [4.69, 9.17) is 14.4 Å². The molecule has 1 saturated heterocycles. The van der Waals surface area contributed by atoms with Gasteiger partial charge in [0.05, 0.1) is 24.7 Å². The molecule has 0 aliphatic carbocycles. The molecule has 0 radical (unpaired) electrons. The molecule has 1 fully saturated rings. The third-order valence-corrected chi connectivity index (χ3v) is 4.33. The average Bonchev–Trinajstić information content (AvgIpc) is 3.09. The standard InChI is InChI=1S/C17H21N3O5/c1-10-6-14(12(3)20(10)15-7-11(2)25-18-15)17(23)19-4-5-24-13(9-19)8-16(21)22/h6-7,13H,4-5,8-9H2,1-3H3,(H,21,22). The van der Waals surface area contributed by atoms with Gasteiger partial charge in [-0.25, -0.2) is 0 Å². The van der Waals surface area contributed by atoms with Crippen LogP contribution in [0.25, 0.3) is 5.82 Å². The molecule has 0 bridgehead atoms. The molecule has 1 amide bonds. The fourth-order valence-corrected chi connectivity index (χ4v) is 3.18. The largest absolute Gasteiger partial charge is 0.481 e. The Balaban J connectivity index is 1.84. The highest BCUT2D eigenvalue weighted by molar-refractivity contribution is 5.96. The molecule has 2 aromatic rings. The van der Waals surface area contributed by atoms with E-state index in [1.54, 1.807) is 4.90 Å². The van der Waals surface area contributed by atoms with Gasteiger partial charge in [0.25, 0.3) is 5.91 Å². The zero-order chi connectivity index (χ0) is 18.1. The first-order valence-corrected chi connectivity index (χ1v) is 8.12. The summed E-state index contributed by atoms with van der Waals surface area (Å²) in [5.74, 6) is 0.273. The van der Waals surface area contributed by atoms with Gasteiger partial charge in [0.15, 0.2) is 5.82 Å². The number of ether oxygens (including phenoxy) is 1. The van der Waals surface area contributed by atoms with Gasteiger partial charge in [0.2, 0.25) is 0 Å². The molecule has 25 heavy (non-hydrogen) atoms. The summed E-state index contributed by atoms with van der Waals surface area (Å²) in [6, 6.07) is 3.63. The minimum absolute atomic E-state index is 0.110. The Morgan fingerprint density at radius 1 is 1.32 bits per heavy atom. The number of carbonyl (C=O) groups is 2. The summed E-state index contributed by atoms with van der Waals surface area (Å²) in [5, 5.41) is 12.9.